The lowest BCUT2D eigenvalue weighted by atomic mass is 10.2. The molecular weight excluding hydrogens is 338 g/mol. The van der Waals surface area contributed by atoms with E-state index in [9.17, 15) is 9.59 Å². The molecule has 0 radical (unpaired) electrons. The number of hydrogen-bond donors (Lipinski definition) is 2. The average molecular weight is 354 g/mol. The van der Waals surface area contributed by atoms with Crippen molar-refractivity contribution in [3.8, 4) is 5.75 Å². The third kappa shape index (κ3) is 4.60. The molecule has 0 heterocycles. The summed E-state index contributed by atoms with van der Waals surface area (Å²) in [5.74, 6) is -0.754. The molecule has 0 aromatic heterocycles. The smallest absolute Gasteiger partial charge is 0.328 e. The minimum Gasteiger partial charge on any atom is -0.479 e. The van der Waals surface area contributed by atoms with E-state index in [1.54, 1.807) is 25.1 Å². The summed E-state index contributed by atoms with van der Waals surface area (Å²) in [6.07, 6.45) is 3.85. The monoisotopic (exact) mass is 353 g/mol. The maximum absolute atomic E-state index is 11.9. The van der Waals surface area contributed by atoms with Gasteiger partial charge in [0.25, 0.3) is 5.91 Å². The average Bonchev–Trinajstić information content (AvgIpc) is 3.23. The summed E-state index contributed by atoms with van der Waals surface area (Å²) in [5, 5.41) is 11.6. The minimum absolute atomic E-state index is 0.165. The number of hydrogen-bond acceptors (Lipinski definition) is 3. The molecule has 6 heteroatoms. The SMILES string of the molecule is CC(Oc1c(Br)cccc1C=CC(=O)O)C(=O)NC1CC1. The number of aliphatic carboxylic acids is 1. The topological polar surface area (TPSA) is 75.6 Å². The highest BCUT2D eigenvalue weighted by Gasteiger charge is 2.26. The van der Waals surface area contributed by atoms with Crippen molar-refractivity contribution in [3.63, 3.8) is 0 Å². The van der Waals surface area contributed by atoms with Crippen LogP contribution in [0.15, 0.2) is 28.7 Å². The number of ether oxygens (including phenoxy) is 1. The first kappa shape index (κ1) is 15.6. The maximum atomic E-state index is 11.9. The molecule has 1 aromatic rings. The van der Waals surface area contributed by atoms with Crippen molar-refractivity contribution < 1.29 is 19.4 Å². The van der Waals surface area contributed by atoms with Gasteiger partial charge >= 0.3 is 5.97 Å². The lowest BCUT2D eigenvalue weighted by molar-refractivity contribution is -0.131. The van der Waals surface area contributed by atoms with E-state index < -0.39 is 12.1 Å². The van der Waals surface area contributed by atoms with Crippen molar-refractivity contribution in [1.29, 1.82) is 0 Å². The van der Waals surface area contributed by atoms with Gasteiger partial charge in [0.05, 0.1) is 4.47 Å². The fourth-order valence-corrected chi connectivity index (χ4v) is 2.19. The summed E-state index contributed by atoms with van der Waals surface area (Å²) in [7, 11) is 0. The van der Waals surface area contributed by atoms with E-state index >= 15 is 0 Å². The summed E-state index contributed by atoms with van der Waals surface area (Å²) >= 11 is 3.36. The molecule has 1 amide bonds. The van der Waals surface area contributed by atoms with Gasteiger partial charge in [-0.25, -0.2) is 4.79 Å². The van der Waals surface area contributed by atoms with Crippen LogP contribution in [0.5, 0.6) is 5.75 Å². The van der Waals surface area contributed by atoms with Crippen LogP contribution in [0, 0.1) is 0 Å². The fraction of sp³-hybridized carbons (Fsp3) is 0.333. The van der Waals surface area contributed by atoms with Gasteiger partial charge in [0.2, 0.25) is 0 Å². The fourth-order valence-electron chi connectivity index (χ4n) is 1.72. The van der Waals surface area contributed by atoms with Gasteiger partial charge < -0.3 is 15.2 Å². The Bertz CT molecular complexity index is 581. The zero-order valence-corrected chi connectivity index (χ0v) is 13.1. The minimum atomic E-state index is -1.04. The van der Waals surface area contributed by atoms with Gasteiger partial charge in [-0.15, -0.1) is 0 Å². The number of amides is 1. The summed E-state index contributed by atoms with van der Waals surface area (Å²) in [4.78, 5) is 22.5. The van der Waals surface area contributed by atoms with E-state index in [0.717, 1.165) is 18.9 Å². The second-order valence-corrected chi connectivity index (χ2v) is 5.73. The van der Waals surface area contributed by atoms with Crippen molar-refractivity contribution >= 4 is 33.9 Å². The molecule has 1 fully saturated rings. The summed E-state index contributed by atoms with van der Waals surface area (Å²) < 4.78 is 6.36. The zero-order valence-electron chi connectivity index (χ0n) is 11.5. The number of carbonyl (C=O) groups excluding carboxylic acids is 1. The molecular formula is C15H16BrNO4. The number of para-hydroxylation sites is 1. The van der Waals surface area contributed by atoms with Crippen molar-refractivity contribution in [3.05, 3.63) is 34.3 Å². The normalized spacial score (nSPS) is 15.7. The van der Waals surface area contributed by atoms with E-state index in [-0.39, 0.29) is 11.9 Å². The molecule has 1 aromatic carbocycles. The lowest BCUT2D eigenvalue weighted by Crippen LogP contribution is -2.37. The number of carboxylic acid groups (broad SMARTS) is 1. The highest BCUT2D eigenvalue weighted by Crippen LogP contribution is 2.31. The van der Waals surface area contributed by atoms with Crippen LogP contribution in [0.2, 0.25) is 0 Å². The van der Waals surface area contributed by atoms with Crippen LogP contribution in [0.1, 0.15) is 25.3 Å². The molecule has 1 unspecified atom stereocenters. The second-order valence-electron chi connectivity index (χ2n) is 4.87. The van der Waals surface area contributed by atoms with Crippen LogP contribution in [0.25, 0.3) is 6.08 Å². The summed E-state index contributed by atoms with van der Waals surface area (Å²) in [6, 6.07) is 5.55. The summed E-state index contributed by atoms with van der Waals surface area (Å²) in [6.45, 7) is 1.67. The largest absolute Gasteiger partial charge is 0.479 e. The molecule has 5 nitrogen and oxygen atoms in total. The standard InChI is InChI=1S/C15H16BrNO4/c1-9(15(20)17-11-6-7-11)21-14-10(5-8-13(18)19)3-2-4-12(14)16/h2-5,8-9,11H,6-7H2,1H3,(H,17,20)(H,18,19). The Balaban J connectivity index is 2.13. The molecule has 21 heavy (non-hydrogen) atoms. The highest BCUT2D eigenvalue weighted by atomic mass is 79.9. The van der Waals surface area contributed by atoms with Gasteiger partial charge in [0.15, 0.2) is 6.10 Å². The molecule has 0 aliphatic heterocycles. The van der Waals surface area contributed by atoms with E-state index in [4.69, 9.17) is 9.84 Å². The quantitative estimate of drug-likeness (QED) is 0.770. The first-order valence-electron chi connectivity index (χ1n) is 6.64. The van der Waals surface area contributed by atoms with Gasteiger partial charge in [-0.1, -0.05) is 12.1 Å². The molecule has 1 atom stereocenters. The molecule has 1 aliphatic rings. The Labute approximate surface area is 131 Å². The number of carbonyl (C=O) groups is 2. The maximum Gasteiger partial charge on any atom is 0.328 e. The van der Waals surface area contributed by atoms with E-state index in [2.05, 4.69) is 21.2 Å². The number of halogens is 1. The molecule has 2 rings (SSSR count). The molecule has 0 saturated heterocycles. The zero-order chi connectivity index (χ0) is 15.4. The third-order valence-corrected chi connectivity index (χ3v) is 3.61. The van der Waals surface area contributed by atoms with Gasteiger partial charge in [-0.3, -0.25) is 4.79 Å². The van der Waals surface area contributed by atoms with Crippen LogP contribution < -0.4 is 10.1 Å². The van der Waals surface area contributed by atoms with Crippen molar-refractivity contribution in [2.75, 3.05) is 0 Å². The van der Waals surface area contributed by atoms with Crippen molar-refractivity contribution in [2.24, 2.45) is 0 Å². The van der Waals surface area contributed by atoms with Crippen molar-refractivity contribution in [2.45, 2.75) is 31.9 Å². The molecule has 0 spiro atoms. The van der Waals surface area contributed by atoms with E-state index in [1.165, 1.54) is 6.08 Å². The van der Waals surface area contributed by atoms with Gasteiger partial charge in [0.1, 0.15) is 5.75 Å². The Morgan fingerprint density at radius 3 is 2.81 bits per heavy atom. The Morgan fingerprint density at radius 2 is 2.19 bits per heavy atom. The molecule has 0 bridgehead atoms. The van der Waals surface area contributed by atoms with E-state index in [0.29, 0.717) is 15.8 Å². The van der Waals surface area contributed by atoms with Crippen LogP contribution in [-0.4, -0.2) is 29.1 Å². The van der Waals surface area contributed by atoms with Gasteiger partial charge in [-0.05, 0) is 47.8 Å². The predicted molar refractivity (Wildman–Crippen MR) is 82.1 cm³/mol. The van der Waals surface area contributed by atoms with Crippen LogP contribution in [0.4, 0.5) is 0 Å². The molecule has 112 valence electrons. The predicted octanol–water partition coefficient (Wildman–Crippen LogP) is 2.59. The molecule has 1 saturated carbocycles. The van der Waals surface area contributed by atoms with Gasteiger partial charge in [0, 0.05) is 17.7 Å². The number of benzene rings is 1. The Kier molecular flexibility index (Phi) is 5.01. The molecule has 1 aliphatic carbocycles. The van der Waals surface area contributed by atoms with Crippen LogP contribution in [0.3, 0.4) is 0 Å². The Morgan fingerprint density at radius 1 is 1.48 bits per heavy atom. The first-order chi connectivity index (χ1) is 9.97. The van der Waals surface area contributed by atoms with Gasteiger partial charge in [-0.2, -0.15) is 0 Å². The second kappa shape index (κ2) is 6.76. The molecule has 2 N–H and O–H groups in total. The van der Waals surface area contributed by atoms with Crippen LogP contribution >= 0.6 is 15.9 Å². The Hall–Kier alpha value is -1.82. The highest BCUT2D eigenvalue weighted by molar-refractivity contribution is 9.10. The van der Waals surface area contributed by atoms with Crippen molar-refractivity contribution in [1.82, 2.24) is 5.32 Å². The summed E-state index contributed by atoms with van der Waals surface area (Å²) in [5.41, 5.74) is 0.595. The number of carboxylic acids is 1. The van der Waals surface area contributed by atoms with E-state index in [1.807, 2.05) is 0 Å². The number of rotatable bonds is 6. The third-order valence-electron chi connectivity index (χ3n) is 2.99. The number of nitrogens with one attached hydrogen (secondary N) is 1. The lowest BCUT2D eigenvalue weighted by Gasteiger charge is -2.17. The van der Waals surface area contributed by atoms with Crippen LogP contribution in [-0.2, 0) is 9.59 Å². The first-order valence-corrected chi connectivity index (χ1v) is 7.43.